The molecule has 0 amide bonds. The predicted molar refractivity (Wildman–Crippen MR) is 56.9 cm³/mol. The third-order valence-corrected chi connectivity index (χ3v) is 2.12. The van der Waals surface area contributed by atoms with Crippen molar-refractivity contribution in [2.24, 2.45) is 0 Å². The second-order valence-corrected chi connectivity index (χ2v) is 3.42. The molecule has 0 spiro atoms. The van der Waals surface area contributed by atoms with Gasteiger partial charge in [0.25, 0.3) is 0 Å². The summed E-state index contributed by atoms with van der Waals surface area (Å²) in [4.78, 5) is 7.34. The number of nitrogens with zero attached hydrogens (tertiary/aromatic N) is 2. The zero-order chi connectivity index (χ0) is 12.5. The van der Waals surface area contributed by atoms with Crippen LogP contribution < -0.4 is 5.73 Å². The first-order chi connectivity index (χ1) is 7.97. The van der Waals surface area contributed by atoms with Gasteiger partial charge in [-0.05, 0) is 12.1 Å². The summed E-state index contributed by atoms with van der Waals surface area (Å²) in [5.74, 6) is 0.213. The molecule has 88 valence electrons. The van der Waals surface area contributed by atoms with E-state index in [1.54, 1.807) is 24.3 Å². The highest BCUT2D eigenvalue weighted by Gasteiger charge is 2.31. The van der Waals surface area contributed by atoms with Crippen molar-refractivity contribution in [2.45, 2.75) is 6.18 Å². The summed E-state index contributed by atoms with van der Waals surface area (Å²) in [5.41, 5.74) is 5.78. The first-order valence-electron chi connectivity index (χ1n) is 4.72. The fraction of sp³-hybridized carbons (Fsp3) is 0.0909. The van der Waals surface area contributed by atoms with Crippen LogP contribution in [0.1, 0.15) is 5.56 Å². The third kappa shape index (κ3) is 2.52. The molecule has 0 radical (unpaired) electrons. The Morgan fingerprint density at radius 3 is 2.24 bits per heavy atom. The Balaban J connectivity index is 2.36. The molecule has 1 aromatic heterocycles. The van der Waals surface area contributed by atoms with Crippen LogP contribution in [0.25, 0.3) is 11.4 Å². The molecule has 1 aromatic carbocycles. The SMILES string of the molecule is Nc1cccc(-c2ncc(C(F)(F)F)cn2)c1. The molecule has 17 heavy (non-hydrogen) atoms. The maximum atomic E-state index is 12.3. The van der Waals surface area contributed by atoms with Gasteiger partial charge in [0, 0.05) is 23.6 Å². The number of anilines is 1. The lowest BCUT2D eigenvalue weighted by Crippen LogP contribution is -2.06. The molecule has 0 aliphatic rings. The van der Waals surface area contributed by atoms with Crippen molar-refractivity contribution in [2.75, 3.05) is 5.73 Å². The number of nitrogens with two attached hydrogens (primary N) is 1. The Kier molecular flexibility index (Phi) is 2.71. The number of halogens is 3. The highest BCUT2D eigenvalue weighted by atomic mass is 19.4. The van der Waals surface area contributed by atoms with E-state index in [1.165, 1.54) is 0 Å². The van der Waals surface area contributed by atoms with Crippen LogP contribution in [-0.4, -0.2) is 9.97 Å². The third-order valence-electron chi connectivity index (χ3n) is 2.12. The molecule has 0 aliphatic carbocycles. The molecular weight excluding hydrogens is 231 g/mol. The van der Waals surface area contributed by atoms with E-state index in [4.69, 9.17) is 5.73 Å². The van der Waals surface area contributed by atoms with Gasteiger partial charge in [-0.2, -0.15) is 13.2 Å². The van der Waals surface area contributed by atoms with Crippen molar-refractivity contribution in [3.63, 3.8) is 0 Å². The molecule has 0 atom stereocenters. The highest BCUT2D eigenvalue weighted by Crippen LogP contribution is 2.28. The summed E-state index contributed by atoms with van der Waals surface area (Å²) in [6, 6.07) is 6.64. The number of alkyl halides is 3. The topological polar surface area (TPSA) is 51.8 Å². The molecule has 0 fully saturated rings. The number of rotatable bonds is 1. The van der Waals surface area contributed by atoms with E-state index in [1.807, 2.05) is 0 Å². The van der Waals surface area contributed by atoms with Crippen LogP contribution in [-0.2, 0) is 6.18 Å². The molecule has 2 N–H and O–H groups in total. The quantitative estimate of drug-likeness (QED) is 0.778. The molecule has 2 aromatic rings. The second kappa shape index (κ2) is 4.04. The standard InChI is InChI=1S/C11H8F3N3/c12-11(13,14)8-5-16-10(17-6-8)7-2-1-3-9(15)4-7/h1-6H,15H2. The first kappa shape index (κ1) is 11.4. The van der Waals surface area contributed by atoms with Gasteiger partial charge >= 0.3 is 6.18 Å². The van der Waals surface area contributed by atoms with Gasteiger partial charge in [-0.1, -0.05) is 12.1 Å². The van der Waals surface area contributed by atoms with Crippen molar-refractivity contribution in [3.05, 3.63) is 42.2 Å². The number of hydrogen-bond donors (Lipinski definition) is 1. The zero-order valence-corrected chi connectivity index (χ0v) is 8.57. The predicted octanol–water partition coefficient (Wildman–Crippen LogP) is 2.74. The van der Waals surface area contributed by atoms with Gasteiger partial charge in [-0.3, -0.25) is 0 Å². The average Bonchev–Trinajstić information content (AvgIpc) is 2.28. The molecule has 3 nitrogen and oxygen atoms in total. The summed E-state index contributed by atoms with van der Waals surface area (Å²) >= 11 is 0. The first-order valence-corrected chi connectivity index (χ1v) is 4.72. The molecule has 0 saturated heterocycles. The molecule has 0 saturated carbocycles. The van der Waals surface area contributed by atoms with Crippen LogP contribution >= 0.6 is 0 Å². The molecule has 6 heteroatoms. The van der Waals surface area contributed by atoms with Crippen LogP contribution in [0, 0.1) is 0 Å². The van der Waals surface area contributed by atoms with Crippen molar-refractivity contribution in [1.29, 1.82) is 0 Å². The van der Waals surface area contributed by atoms with E-state index in [2.05, 4.69) is 9.97 Å². The molecule has 2 rings (SSSR count). The van der Waals surface area contributed by atoms with Gasteiger partial charge < -0.3 is 5.73 Å². The Labute approximate surface area is 95.1 Å². The van der Waals surface area contributed by atoms with Gasteiger partial charge in [0.2, 0.25) is 0 Å². The van der Waals surface area contributed by atoms with Gasteiger partial charge in [-0.25, -0.2) is 9.97 Å². The molecular formula is C11H8F3N3. The largest absolute Gasteiger partial charge is 0.419 e. The van der Waals surface area contributed by atoms with E-state index in [0.717, 1.165) is 12.4 Å². The summed E-state index contributed by atoms with van der Waals surface area (Å²) in [6.45, 7) is 0. The number of aromatic nitrogens is 2. The Bertz CT molecular complexity index is 520. The van der Waals surface area contributed by atoms with Crippen LogP contribution in [0.3, 0.4) is 0 Å². The van der Waals surface area contributed by atoms with Crippen LogP contribution in [0.5, 0.6) is 0 Å². The smallest absolute Gasteiger partial charge is 0.399 e. The summed E-state index contributed by atoms with van der Waals surface area (Å²) in [6.07, 6.45) is -2.91. The van der Waals surface area contributed by atoms with Crippen molar-refractivity contribution in [1.82, 2.24) is 9.97 Å². The number of nitrogen functional groups attached to an aromatic ring is 1. The zero-order valence-electron chi connectivity index (χ0n) is 8.57. The van der Waals surface area contributed by atoms with E-state index in [9.17, 15) is 13.2 Å². The van der Waals surface area contributed by atoms with E-state index < -0.39 is 11.7 Å². The highest BCUT2D eigenvalue weighted by molar-refractivity contribution is 5.60. The molecule has 1 heterocycles. The van der Waals surface area contributed by atoms with Gasteiger partial charge in [0.1, 0.15) is 0 Å². The Morgan fingerprint density at radius 1 is 1.06 bits per heavy atom. The van der Waals surface area contributed by atoms with Crippen LogP contribution in [0.4, 0.5) is 18.9 Å². The van der Waals surface area contributed by atoms with Gasteiger partial charge in [-0.15, -0.1) is 0 Å². The fourth-order valence-corrected chi connectivity index (χ4v) is 1.30. The average molecular weight is 239 g/mol. The van der Waals surface area contributed by atoms with Crippen molar-refractivity contribution < 1.29 is 13.2 Å². The summed E-state index contributed by atoms with van der Waals surface area (Å²) < 4.78 is 36.9. The van der Waals surface area contributed by atoms with Gasteiger partial charge in [0.05, 0.1) is 5.56 Å². The minimum absolute atomic E-state index is 0.213. The van der Waals surface area contributed by atoms with Gasteiger partial charge in [0.15, 0.2) is 5.82 Å². The number of hydrogen-bond acceptors (Lipinski definition) is 3. The lowest BCUT2D eigenvalue weighted by atomic mass is 10.2. The van der Waals surface area contributed by atoms with Crippen molar-refractivity contribution >= 4 is 5.69 Å². The monoisotopic (exact) mass is 239 g/mol. The maximum absolute atomic E-state index is 12.3. The summed E-state index contributed by atoms with van der Waals surface area (Å²) in [5, 5.41) is 0. The molecule has 0 unspecified atom stereocenters. The Hall–Kier alpha value is -2.11. The normalized spacial score (nSPS) is 11.5. The minimum atomic E-state index is -4.42. The minimum Gasteiger partial charge on any atom is -0.399 e. The van der Waals surface area contributed by atoms with E-state index in [0.29, 0.717) is 11.3 Å². The van der Waals surface area contributed by atoms with Crippen LogP contribution in [0.15, 0.2) is 36.7 Å². The van der Waals surface area contributed by atoms with E-state index in [-0.39, 0.29) is 5.82 Å². The van der Waals surface area contributed by atoms with Crippen LogP contribution in [0.2, 0.25) is 0 Å². The second-order valence-electron chi connectivity index (χ2n) is 3.42. The maximum Gasteiger partial charge on any atom is 0.419 e. The summed E-state index contributed by atoms with van der Waals surface area (Å²) in [7, 11) is 0. The van der Waals surface area contributed by atoms with Crippen molar-refractivity contribution in [3.8, 4) is 11.4 Å². The molecule has 0 bridgehead atoms. The lowest BCUT2D eigenvalue weighted by Gasteiger charge is -2.06. The Morgan fingerprint density at radius 2 is 1.71 bits per heavy atom. The molecule has 0 aliphatic heterocycles. The fourth-order valence-electron chi connectivity index (χ4n) is 1.30. The van der Waals surface area contributed by atoms with E-state index >= 15 is 0 Å². The number of benzene rings is 1. The lowest BCUT2D eigenvalue weighted by molar-refractivity contribution is -0.138.